The first-order chi connectivity index (χ1) is 9.01. The van der Waals surface area contributed by atoms with Gasteiger partial charge < -0.3 is 15.7 Å². The summed E-state index contributed by atoms with van der Waals surface area (Å²) in [6.07, 6.45) is 3.23. The highest BCUT2D eigenvalue weighted by Gasteiger charge is 2.19. The van der Waals surface area contributed by atoms with Crippen LogP contribution in [0.25, 0.3) is 0 Å². The number of hydrogen-bond acceptors (Lipinski definition) is 4. The van der Waals surface area contributed by atoms with Crippen LogP contribution in [0.1, 0.15) is 26.7 Å². The maximum absolute atomic E-state index is 11.7. The van der Waals surface area contributed by atoms with E-state index in [2.05, 4.69) is 17.6 Å². The molecule has 0 spiro atoms. The second kappa shape index (κ2) is 11.3. The monoisotopic (exact) mass is 308 g/mol. The van der Waals surface area contributed by atoms with Crippen molar-refractivity contribution in [3.63, 3.8) is 0 Å². The zero-order valence-corrected chi connectivity index (χ0v) is 13.4. The number of carboxylic acids is 1. The van der Waals surface area contributed by atoms with E-state index in [0.29, 0.717) is 12.2 Å². The highest BCUT2D eigenvalue weighted by molar-refractivity contribution is 7.99. The van der Waals surface area contributed by atoms with Crippen LogP contribution in [0.5, 0.6) is 0 Å². The van der Waals surface area contributed by atoms with Crippen molar-refractivity contribution in [2.75, 3.05) is 23.5 Å². The Labute approximate surface area is 123 Å². The Kier molecular flexibility index (Phi) is 10.9. The molecule has 0 saturated carbocycles. The fraction of sp³-hybridized carbons (Fsp3) is 0.833. The third-order valence-electron chi connectivity index (χ3n) is 2.49. The minimum Gasteiger partial charge on any atom is -0.480 e. The first-order valence-electron chi connectivity index (χ1n) is 6.37. The Balaban J connectivity index is 4.00. The Bertz CT molecular complexity index is 278. The first-order valence-corrected chi connectivity index (χ1v) is 8.92. The molecular weight excluding hydrogens is 284 g/mol. The fourth-order valence-electron chi connectivity index (χ4n) is 1.39. The summed E-state index contributed by atoms with van der Waals surface area (Å²) in [6.45, 7) is 4.02. The van der Waals surface area contributed by atoms with Crippen LogP contribution in [0.3, 0.4) is 0 Å². The number of thioether (sulfide) groups is 2. The van der Waals surface area contributed by atoms with E-state index in [1.165, 1.54) is 0 Å². The van der Waals surface area contributed by atoms with Gasteiger partial charge in [0.2, 0.25) is 0 Å². The van der Waals surface area contributed by atoms with Gasteiger partial charge in [0.05, 0.1) is 0 Å². The Hall–Kier alpha value is -0.560. The number of amides is 2. The lowest BCUT2D eigenvalue weighted by Gasteiger charge is -2.18. The molecule has 7 heteroatoms. The van der Waals surface area contributed by atoms with Crippen LogP contribution in [0.2, 0.25) is 0 Å². The summed E-state index contributed by atoms with van der Waals surface area (Å²) in [5.74, 6) is 1.78. The molecule has 0 fully saturated rings. The average Bonchev–Trinajstić information content (AvgIpc) is 2.34. The van der Waals surface area contributed by atoms with E-state index in [9.17, 15) is 9.59 Å². The van der Waals surface area contributed by atoms with Crippen molar-refractivity contribution in [2.45, 2.75) is 38.8 Å². The summed E-state index contributed by atoms with van der Waals surface area (Å²) in [5, 5.41) is 14.3. The molecule has 0 rings (SSSR count). The Morgan fingerprint density at radius 3 is 2.42 bits per heavy atom. The molecule has 0 aliphatic rings. The molecule has 0 heterocycles. The van der Waals surface area contributed by atoms with E-state index in [1.54, 1.807) is 11.8 Å². The van der Waals surface area contributed by atoms with Gasteiger partial charge in [-0.1, -0.05) is 6.92 Å². The number of carbonyl (C=O) groups is 2. The lowest BCUT2D eigenvalue weighted by atomic mass is 10.2. The largest absolute Gasteiger partial charge is 0.480 e. The number of nitrogens with one attached hydrogen (secondary N) is 2. The first kappa shape index (κ1) is 18.4. The van der Waals surface area contributed by atoms with E-state index in [4.69, 9.17) is 5.11 Å². The molecule has 0 aromatic rings. The molecular formula is C12H24N2O3S2. The highest BCUT2D eigenvalue weighted by Crippen LogP contribution is 2.04. The molecule has 0 aromatic carbocycles. The zero-order valence-electron chi connectivity index (χ0n) is 11.8. The van der Waals surface area contributed by atoms with Crippen molar-refractivity contribution in [2.24, 2.45) is 0 Å². The SMILES string of the molecule is CCSCCC(C)NC(=O)N[C@H](CCSC)C(=O)O. The number of aliphatic carboxylic acids is 1. The van der Waals surface area contributed by atoms with Crippen molar-refractivity contribution >= 4 is 35.5 Å². The molecule has 0 aliphatic carbocycles. The van der Waals surface area contributed by atoms with Gasteiger partial charge in [0, 0.05) is 6.04 Å². The predicted molar refractivity (Wildman–Crippen MR) is 83.2 cm³/mol. The molecule has 1 unspecified atom stereocenters. The molecule has 2 amide bonds. The molecule has 0 bridgehead atoms. The van der Waals surface area contributed by atoms with Crippen LogP contribution in [-0.2, 0) is 4.79 Å². The molecule has 5 nitrogen and oxygen atoms in total. The predicted octanol–water partition coefficient (Wildman–Crippen LogP) is 2.02. The number of rotatable bonds is 10. The molecule has 0 aliphatic heterocycles. The summed E-state index contributed by atoms with van der Waals surface area (Å²) in [7, 11) is 0. The van der Waals surface area contributed by atoms with Crippen LogP contribution in [-0.4, -0.2) is 52.7 Å². The molecule has 112 valence electrons. The standard InChI is InChI=1S/C12H24N2O3S2/c1-4-19-8-5-9(2)13-12(17)14-10(11(15)16)6-7-18-3/h9-10H,4-8H2,1-3H3,(H,15,16)(H2,13,14,17)/t9?,10-/m1/s1. The molecule has 0 radical (unpaired) electrons. The normalized spacial score (nSPS) is 13.6. The summed E-state index contributed by atoms with van der Waals surface area (Å²) in [4.78, 5) is 22.6. The van der Waals surface area contributed by atoms with E-state index in [-0.39, 0.29) is 6.04 Å². The zero-order chi connectivity index (χ0) is 14.7. The topological polar surface area (TPSA) is 78.4 Å². The van der Waals surface area contributed by atoms with Gasteiger partial charge in [-0.25, -0.2) is 9.59 Å². The smallest absolute Gasteiger partial charge is 0.326 e. The van der Waals surface area contributed by atoms with Gasteiger partial charge in [-0.05, 0) is 43.3 Å². The van der Waals surface area contributed by atoms with E-state index >= 15 is 0 Å². The lowest BCUT2D eigenvalue weighted by Crippen LogP contribution is -2.48. The van der Waals surface area contributed by atoms with Gasteiger partial charge in [-0.3, -0.25) is 0 Å². The van der Waals surface area contributed by atoms with Crippen LogP contribution < -0.4 is 10.6 Å². The van der Waals surface area contributed by atoms with Gasteiger partial charge in [0.15, 0.2) is 0 Å². The number of carbonyl (C=O) groups excluding carboxylic acids is 1. The molecule has 0 aromatic heterocycles. The van der Waals surface area contributed by atoms with Crippen molar-refractivity contribution in [1.29, 1.82) is 0 Å². The summed E-state index contributed by atoms with van der Waals surface area (Å²) in [6, 6.07) is -1.17. The summed E-state index contributed by atoms with van der Waals surface area (Å²) >= 11 is 3.39. The summed E-state index contributed by atoms with van der Waals surface area (Å²) < 4.78 is 0. The van der Waals surface area contributed by atoms with Gasteiger partial charge in [0.25, 0.3) is 0 Å². The second-order valence-electron chi connectivity index (χ2n) is 4.18. The highest BCUT2D eigenvalue weighted by atomic mass is 32.2. The van der Waals surface area contributed by atoms with E-state index < -0.39 is 18.0 Å². The summed E-state index contributed by atoms with van der Waals surface area (Å²) in [5.41, 5.74) is 0. The number of hydrogen-bond donors (Lipinski definition) is 3. The van der Waals surface area contributed by atoms with Gasteiger partial charge in [0.1, 0.15) is 6.04 Å². The minimum absolute atomic E-state index is 0.0500. The van der Waals surface area contributed by atoms with Gasteiger partial charge in [-0.2, -0.15) is 23.5 Å². The van der Waals surface area contributed by atoms with Crippen molar-refractivity contribution in [3.05, 3.63) is 0 Å². The maximum atomic E-state index is 11.7. The van der Waals surface area contributed by atoms with Crippen LogP contribution in [0.15, 0.2) is 0 Å². The van der Waals surface area contributed by atoms with Crippen molar-refractivity contribution in [1.82, 2.24) is 10.6 Å². The van der Waals surface area contributed by atoms with E-state index in [0.717, 1.165) is 17.9 Å². The average molecular weight is 308 g/mol. The quantitative estimate of drug-likeness (QED) is 0.538. The Morgan fingerprint density at radius 1 is 1.21 bits per heavy atom. The van der Waals surface area contributed by atoms with Crippen molar-refractivity contribution in [3.8, 4) is 0 Å². The molecule has 2 atom stereocenters. The number of urea groups is 1. The molecule has 3 N–H and O–H groups in total. The van der Waals surface area contributed by atoms with Gasteiger partial charge in [-0.15, -0.1) is 0 Å². The third kappa shape index (κ3) is 9.95. The lowest BCUT2D eigenvalue weighted by molar-refractivity contribution is -0.139. The van der Waals surface area contributed by atoms with Crippen molar-refractivity contribution < 1.29 is 14.7 Å². The van der Waals surface area contributed by atoms with Gasteiger partial charge >= 0.3 is 12.0 Å². The molecule has 0 saturated heterocycles. The number of carboxylic acid groups (broad SMARTS) is 1. The Morgan fingerprint density at radius 2 is 1.89 bits per heavy atom. The fourth-order valence-corrected chi connectivity index (χ4v) is 2.67. The van der Waals surface area contributed by atoms with Crippen LogP contribution in [0.4, 0.5) is 4.79 Å². The maximum Gasteiger partial charge on any atom is 0.326 e. The third-order valence-corrected chi connectivity index (χ3v) is 4.07. The van der Waals surface area contributed by atoms with Crippen LogP contribution in [0, 0.1) is 0 Å². The molecule has 19 heavy (non-hydrogen) atoms. The van der Waals surface area contributed by atoms with E-state index in [1.807, 2.05) is 24.9 Å². The van der Waals surface area contributed by atoms with Crippen LogP contribution >= 0.6 is 23.5 Å². The minimum atomic E-state index is -0.988. The second-order valence-corrected chi connectivity index (χ2v) is 6.56.